The molecule has 0 saturated carbocycles. The number of hydrogen-bond acceptors (Lipinski definition) is 12. The third-order valence-corrected chi connectivity index (χ3v) is 16.3. The molecule has 5 N–H and O–H groups in total. The van der Waals surface area contributed by atoms with Crippen molar-refractivity contribution in [1.29, 1.82) is 0 Å². The van der Waals surface area contributed by atoms with E-state index in [1.165, 1.54) is 33.9 Å². The Bertz CT molecular complexity index is 4100. The summed E-state index contributed by atoms with van der Waals surface area (Å²) in [5.74, 6) is 0.757. The van der Waals surface area contributed by atoms with Crippen molar-refractivity contribution in [1.82, 2.24) is 15.5 Å². The second-order valence-electron chi connectivity index (χ2n) is 19.5. The molecule has 0 aliphatic heterocycles. The van der Waals surface area contributed by atoms with Crippen molar-refractivity contribution in [3.8, 4) is 33.8 Å². The normalized spacial score (nSPS) is 10.5. The van der Waals surface area contributed by atoms with Gasteiger partial charge in [-0.15, -0.1) is 0 Å². The molecule has 0 saturated heterocycles. The fourth-order valence-electron chi connectivity index (χ4n) is 8.18. The summed E-state index contributed by atoms with van der Waals surface area (Å²) in [4.78, 5) is 0.351. The van der Waals surface area contributed by atoms with Crippen molar-refractivity contribution >= 4 is 63.3 Å². The minimum atomic E-state index is -3.75. The monoisotopic (exact) mass is 1400 g/mol. The summed E-state index contributed by atoms with van der Waals surface area (Å²) in [6, 6.07) is 70.1. The Morgan fingerprint density at radius 3 is 1.24 bits per heavy atom. The first-order chi connectivity index (χ1) is 40.3. The predicted octanol–water partition coefficient (Wildman–Crippen LogP) is 13.9. The Morgan fingerprint density at radius 1 is 0.460 bits per heavy atom. The molecule has 0 fully saturated rings. The molecule has 19 heteroatoms. The molecule has 0 aliphatic rings. The summed E-state index contributed by atoms with van der Waals surface area (Å²) in [5, 5.41) is 11.8. The van der Waals surface area contributed by atoms with Crippen molar-refractivity contribution in [3.05, 3.63) is 280 Å². The maximum Gasteiger partial charge on any atom is 2.00 e. The molecular formula is C68H69Br2ClN6O7S2Zn. The van der Waals surface area contributed by atoms with E-state index in [0.717, 1.165) is 86.9 Å². The van der Waals surface area contributed by atoms with Gasteiger partial charge in [0.1, 0.15) is 17.1 Å². The summed E-state index contributed by atoms with van der Waals surface area (Å²) < 4.78 is 65.5. The van der Waals surface area contributed by atoms with Gasteiger partial charge in [0, 0.05) is 50.0 Å². The fourth-order valence-corrected chi connectivity index (χ4v) is 10.5. The van der Waals surface area contributed by atoms with Gasteiger partial charge in [-0.05, 0) is 146 Å². The number of benzene rings is 8. The van der Waals surface area contributed by atoms with Gasteiger partial charge in [0.05, 0.1) is 9.79 Å². The van der Waals surface area contributed by atoms with Crippen molar-refractivity contribution < 1.29 is 66.9 Å². The van der Waals surface area contributed by atoms with Gasteiger partial charge < -0.3 is 48.9 Å². The van der Waals surface area contributed by atoms with Gasteiger partial charge in [0.25, 0.3) is 19.1 Å². The molecule has 13 nitrogen and oxygen atoms in total. The molecule has 8 aromatic carbocycles. The number of sulfonamides is 1. The van der Waals surface area contributed by atoms with Gasteiger partial charge in [-0.25, -0.2) is 21.6 Å². The Hall–Kier alpha value is -7.44. The van der Waals surface area contributed by atoms with Crippen LogP contribution < -0.4 is 33.2 Å². The van der Waals surface area contributed by atoms with Crippen molar-refractivity contribution in [3.63, 3.8) is 0 Å². The molecule has 0 amide bonds. The number of aryl methyl sites for hydroxylation is 8. The largest absolute Gasteiger partial charge is 2.00 e. The van der Waals surface area contributed by atoms with Crippen molar-refractivity contribution in [2.75, 3.05) is 16.2 Å². The average Bonchev–Trinajstić information content (AvgIpc) is 4.17. The number of anilines is 3. The van der Waals surface area contributed by atoms with E-state index in [9.17, 15) is 16.8 Å². The average molecular weight is 1410 g/mol. The molecule has 0 aliphatic carbocycles. The molecule has 11 aromatic rings. The molecular weight excluding hydrogens is 1340 g/mol. The number of nitrogens with one attached hydrogen (secondary N) is 1. The Kier molecular flexibility index (Phi) is 29.3. The minimum absolute atomic E-state index is 0. The van der Waals surface area contributed by atoms with Gasteiger partial charge >= 0.3 is 19.5 Å². The maximum absolute atomic E-state index is 12.7. The standard InChI is InChI=1S/C25H24N2O3S.C17H16N2O.C9H7BrN2O.C8H9ClO2S.C8H9.CH4.BrH.Zn/c1-18-11-14-23(15-19(18)2)31(28,29)27-25-17-24(26-30-25)22-10-6-9-21(16-22)13-12-20-7-4-3-5-8-20;18-17-12-16(19-20-17)15-8-4-7-14(11-15)10-9-13-5-2-1-3-6-13;10-7-3-1-2-6(4-7)8-5-9(11)13-12-8;1-6-3-4-8(5-7(6)2)12(9,10)11;1-2-8-6-4-3-5-7-8;;;/h3-11,14-17,27H,12-13H2,1-2H3;1-8,11-12H,9-10,18H2;1-5H,11H2;3-5H,1-2H3;3-7H,1-2H2;1H4;1H;/q;;;;-1;;;+2/p-1. The topological polar surface area (TPSA) is 210 Å². The Labute approximate surface area is 548 Å². The second-order valence-corrected chi connectivity index (χ2v) is 24.6. The zero-order valence-corrected chi connectivity index (χ0v) is 56.6. The van der Waals surface area contributed by atoms with Gasteiger partial charge in [-0.1, -0.05) is 196 Å². The molecule has 448 valence electrons. The Morgan fingerprint density at radius 2 is 0.839 bits per heavy atom. The molecule has 87 heavy (non-hydrogen) atoms. The summed E-state index contributed by atoms with van der Waals surface area (Å²) in [6.07, 6.45) is 4.78. The molecule has 0 spiro atoms. The summed E-state index contributed by atoms with van der Waals surface area (Å²) in [5.41, 5.74) is 26.3. The van der Waals surface area contributed by atoms with Crippen LogP contribution in [0.25, 0.3) is 33.8 Å². The number of rotatable bonds is 14. The number of nitrogens with zero attached hydrogens (tertiary/aromatic N) is 3. The quantitative estimate of drug-likeness (QED) is 0.0527. The smallest absolute Gasteiger partial charge is 1.00 e. The number of hydrogen-bond donors (Lipinski definition) is 3. The van der Waals surface area contributed by atoms with Crippen molar-refractivity contribution in [2.24, 2.45) is 0 Å². The first-order valence-corrected chi connectivity index (χ1v) is 31.3. The van der Waals surface area contributed by atoms with E-state index in [2.05, 4.69) is 116 Å². The van der Waals surface area contributed by atoms with Crippen LogP contribution >= 0.6 is 26.6 Å². The van der Waals surface area contributed by atoms with E-state index in [-0.39, 0.29) is 59.6 Å². The molecule has 0 radical (unpaired) electrons. The van der Waals surface area contributed by atoms with Crippen LogP contribution in [0.2, 0.25) is 0 Å². The minimum Gasteiger partial charge on any atom is -1.00 e. The van der Waals surface area contributed by atoms with E-state index >= 15 is 0 Å². The Balaban J connectivity index is 0.000000249. The number of aromatic nitrogens is 3. The van der Waals surface area contributed by atoms with Gasteiger partial charge in [0.15, 0.2) is 0 Å². The van der Waals surface area contributed by atoms with Gasteiger partial charge in [-0.2, -0.15) is 6.42 Å². The SMILES string of the molecule is C.Cc1ccc(S(=O)(=O)Cl)cc1C.Cc1ccc(S(=O)(=O)Nc2cc(-c3cccc(CCc4ccccc4)c3)no2)cc1C.Nc1cc(-c2cccc(Br)c2)no1.Nc1cc(-c2cccc(CCc3ccccc3)c2)no1.[Br-].[CH2-]Cc1ccccc1.[Zn+2]. The van der Waals surface area contributed by atoms with Gasteiger partial charge in [-0.3, -0.25) is 0 Å². The summed E-state index contributed by atoms with van der Waals surface area (Å²) in [7, 11) is -2.17. The van der Waals surface area contributed by atoms with Crippen LogP contribution in [0.1, 0.15) is 57.5 Å². The molecule has 3 heterocycles. The zero-order valence-electron chi connectivity index (χ0n) is 48.0. The van der Waals surface area contributed by atoms with Crippen LogP contribution in [-0.4, -0.2) is 32.3 Å². The molecule has 0 unspecified atom stereocenters. The molecule has 0 atom stereocenters. The van der Waals surface area contributed by atoms with E-state index < -0.39 is 19.1 Å². The maximum atomic E-state index is 12.7. The molecule has 0 bridgehead atoms. The number of nitrogen functional groups attached to an aromatic ring is 2. The second kappa shape index (κ2) is 35.4. The summed E-state index contributed by atoms with van der Waals surface area (Å²) >= 11 is 3.38. The van der Waals surface area contributed by atoms with Crippen LogP contribution in [0.5, 0.6) is 0 Å². The molecule has 3 aromatic heterocycles. The van der Waals surface area contributed by atoms with Crippen LogP contribution in [0.3, 0.4) is 0 Å². The van der Waals surface area contributed by atoms with Gasteiger partial charge in [0.2, 0.25) is 17.7 Å². The summed E-state index contributed by atoms with van der Waals surface area (Å²) in [6.45, 7) is 11.3. The molecule has 11 rings (SSSR count). The predicted molar refractivity (Wildman–Crippen MR) is 348 cm³/mol. The van der Waals surface area contributed by atoms with Crippen LogP contribution in [0, 0.1) is 34.6 Å². The first-order valence-electron chi connectivity index (χ1n) is 26.7. The van der Waals surface area contributed by atoms with Crippen LogP contribution in [0.4, 0.5) is 17.7 Å². The van der Waals surface area contributed by atoms with Crippen LogP contribution in [0.15, 0.2) is 246 Å². The van der Waals surface area contributed by atoms with E-state index in [1.54, 1.807) is 48.5 Å². The first kappa shape index (κ1) is 72.0. The fraction of sp³-hybridized carbons (Fsp3) is 0.147. The third-order valence-electron chi connectivity index (χ3n) is 13.1. The van der Waals surface area contributed by atoms with E-state index in [4.69, 9.17) is 35.7 Å². The van der Waals surface area contributed by atoms with Crippen LogP contribution in [-0.2, 0) is 70.7 Å². The van der Waals surface area contributed by atoms with E-state index in [0.29, 0.717) is 17.5 Å². The zero-order chi connectivity index (χ0) is 60.1. The van der Waals surface area contributed by atoms with Crippen molar-refractivity contribution in [2.45, 2.75) is 77.0 Å². The number of nitrogens with two attached hydrogens (primary N) is 2. The third kappa shape index (κ3) is 23.3. The number of halogens is 3. The van der Waals surface area contributed by atoms with E-state index in [1.807, 2.05) is 119 Å².